The minimum absolute atomic E-state index is 0.0515. The molecule has 0 aliphatic rings. The van der Waals surface area contributed by atoms with Crippen LogP contribution in [0.4, 0.5) is 0 Å². The van der Waals surface area contributed by atoms with Crippen molar-refractivity contribution in [2.75, 3.05) is 40.1 Å². The van der Waals surface area contributed by atoms with Crippen LogP contribution < -0.4 is 5.32 Å². The van der Waals surface area contributed by atoms with E-state index in [1.807, 2.05) is 54.6 Å². The van der Waals surface area contributed by atoms with Gasteiger partial charge in [-0.05, 0) is 36.5 Å². The lowest BCUT2D eigenvalue weighted by atomic mass is 9.82. The fourth-order valence-corrected chi connectivity index (χ4v) is 3.86. The molecule has 0 bridgehead atoms. The average Bonchev–Trinajstić information content (AvgIpc) is 3.47. The maximum atomic E-state index is 12.9. The van der Waals surface area contributed by atoms with E-state index in [0.717, 1.165) is 16.7 Å². The van der Waals surface area contributed by atoms with Gasteiger partial charge in [0.2, 0.25) is 0 Å². The highest BCUT2D eigenvalue weighted by Crippen LogP contribution is 2.27. The molecule has 1 amide bonds. The van der Waals surface area contributed by atoms with Crippen LogP contribution in [0.3, 0.4) is 0 Å². The van der Waals surface area contributed by atoms with Crippen molar-refractivity contribution in [3.05, 3.63) is 72.1 Å². The number of aromatic amines is 1. The molecule has 10 heteroatoms. The molecule has 2 unspecified atom stereocenters. The molecule has 0 saturated heterocycles. The van der Waals surface area contributed by atoms with Crippen molar-refractivity contribution in [1.82, 2.24) is 20.7 Å². The van der Waals surface area contributed by atoms with E-state index in [4.69, 9.17) is 14.2 Å². The summed E-state index contributed by atoms with van der Waals surface area (Å²) in [6.07, 6.45) is 1.91. The first kappa shape index (κ1) is 28.0. The van der Waals surface area contributed by atoms with Crippen molar-refractivity contribution in [3.63, 3.8) is 0 Å². The fourth-order valence-electron chi connectivity index (χ4n) is 3.86. The van der Waals surface area contributed by atoms with Crippen LogP contribution >= 0.6 is 0 Å². The minimum Gasteiger partial charge on any atom is -0.463 e. The van der Waals surface area contributed by atoms with Gasteiger partial charge in [-0.2, -0.15) is 0 Å². The van der Waals surface area contributed by atoms with Gasteiger partial charge in [-0.15, -0.1) is 5.10 Å². The molecule has 3 N–H and O–H groups in total. The van der Waals surface area contributed by atoms with Gasteiger partial charge < -0.3 is 24.6 Å². The average molecular weight is 511 g/mol. The van der Waals surface area contributed by atoms with Crippen molar-refractivity contribution in [1.29, 1.82) is 0 Å². The summed E-state index contributed by atoms with van der Waals surface area (Å²) in [6, 6.07) is 17.6. The van der Waals surface area contributed by atoms with Gasteiger partial charge >= 0.3 is 5.97 Å². The highest BCUT2D eigenvalue weighted by atomic mass is 16.6. The summed E-state index contributed by atoms with van der Waals surface area (Å²) in [4.78, 5) is 25.6. The second-order valence-electron chi connectivity index (χ2n) is 8.97. The summed E-state index contributed by atoms with van der Waals surface area (Å²) < 4.78 is 15.6. The quantitative estimate of drug-likeness (QED) is 0.210. The highest BCUT2D eigenvalue weighted by Gasteiger charge is 2.37. The summed E-state index contributed by atoms with van der Waals surface area (Å²) in [5.41, 5.74) is 2.11. The first-order chi connectivity index (χ1) is 17.9. The number of nitrogens with one attached hydrogen (secondary N) is 2. The molecule has 1 aromatic heterocycles. The van der Waals surface area contributed by atoms with Crippen LogP contribution in [-0.2, 0) is 25.4 Å². The molecule has 0 fully saturated rings. The monoisotopic (exact) mass is 510 g/mol. The predicted molar refractivity (Wildman–Crippen MR) is 137 cm³/mol. The van der Waals surface area contributed by atoms with E-state index >= 15 is 0 Å². The van der Waals surface area contributed by atoms with Crippen LogP contribution in [0.1, 0.15) is 29.4 Å². The maximum absolute atomic E-state index is 12.9. The Hall–Kier alpha value is -3.60. The third kappa shape index (κ3) is 8.49. The number of esters is 1. The van der Waals surface area contributed by atoms with E-state index < -0.39 is 29.9 Å². The molecule has 0 radical (unpaired) electrons. The van der Waals surface area contributed by atoms with Crippen LogP contribution in [0.25, 0.3) is 11.1 Å². The van der Waals surface area contributed by atoms with E-state index in [-0.39, 0.29) is 25.3 Å². The van der Waals surface area contributed by atoms with Gasteiger partial charge in [-0.1, -0.05) is 59.8 Å². The van der Waals surface area contributed by atoms with Crippen LogP contribution in [0.5, 0.6) is 0 Å². The number of aliphatic hydroxyl groups is 1. The number of nitrogens with zero attached hydrogens (tertiary/aromatic N) is 2. The molecular weight excluding hydrogens is 476 g/mol. The Morgan fingerprint density at radius 1 is 1.03 bits per heavy atom. The first-order valence-electron chi connectivity index (χ1n) is 12.1. The van der Waals surface area contributed by atoms with Crippen LogP contribution in [-0.4, -0.2) is 78.6 Å². The molecule has 2 aromatic carbocycles. The number of H-pyrrole nitrogens is 1. The number of ether oxygens (including phenoxy) is 3. The second kappa shape index (κ2) is 14.2. The number of hydrogen-bond acceptors (Lipinski definition) is 8. The van der Waals surface area contributed by atoms with E-state index in [2.05, 4.69) is 20.7 Å². The van der Waals surface area contributed by atoms with Crippen molar-refractivity contribution >= 4 is 11.9 Å². The van der Waals surface area contributed by atoms with Gasteiger partial charge in [0.25, 0.3) is 5.91 Å². The number of carbonyl (C=O) groups excluding carboxylic acids is 2. The molecule has 37 heavy (non-hydrogen) atoms. The maximum Gasteiger partial charge on any atom is 0.314 e. The summed E-state index contributed by atoms with van der Waals surface area (Å²) in [6.45, 7) is 2.29. The lowest BCUT2D eigenvalue weighted by Crippen LogP contribution is -2.45. The molecule has 3 rings (SSSR count). The summed E-state index contributed by atoms with van der Waals surface area (Å²) in [5.74, 6) is -0.969. The van der Waals surface area contributed by atoms with Crippen molar-refractivity contribution < 1.29 is 28.9 Å². The number of benzene rings is 2. The first-order valence-corrected chi connectivity index (χ1v) is 12.1. The topological polar surface area (TPSA) is 136 Å². The smallest absolute Gasteiger partial charge is 0.314 e. The number of carbonyl (C=O) groups is 2. The largest absolute Gasteiger partial charge is 0.463 e. The molecule has 0 saturated carbocycles. The Bertz CT molecular complexity index is 1090. The predicted octanol–water partition coefficient (Wildman–Crippen LogP) is 2.41. The molecular formula is C27H34N4O6. The fraction of sp³-hybridized carbons (Fsp3) is 0.407. The normalized spacial score (nSPS) is 13.5. The van der Waals surface area contributed by atoms with E-state index in [1.54, 1.807) is 14.0 Å². The van der Waals surface area contributed by atoms with Crippen molar-refractivity contribution in [2.45, 2.75) is 25.8 Å². The summed E-state index contributed by atoms with van der Waals surface area (Å²) in [7, 11) is 1.58. The van der Waals surface area contributed by atoms with E-state index in [0.29, 0.717) is 19.6 Å². The second-order valence-corrected chi connectivity index (χ2v) is 8.97. The number of methoxy groups -OCH3 is 1. The number of aromatic nitrogens is 3. The molecule has 0 spiro atoms. The van der Waals surface area contributed by atoms with Crippen molar-refractivity contribution in [3.8, 4) is 11.1 Å². The standard InChI is InChI=1S/C27H34N4O6/c1-27(19-32,26(34)37-15-14-36-13-12-35-2)17-23(29-25(33)24-18-28-31-30-24)16-20-8-10-22(11-9-20)21-6-4-3-5-7-21/h3-11,18,23,32H,12-17,19H2,1-2H3,(H,29,33)(H,28,30,31). The van der Waals surface area contributed by atoms with Gasteiger partial charge in [-0.3, -0.25) is 14.7 Å². The molecule has 10 nitrogen and oxygen atoms in total. The third-order valence-corrected chi connectivity index (χ3v) is 5.97. The van der Waals surface area contributed by atoms with Gasteiger partial charge in [0.05, 0.1) is 38.0 Å². The lowest BCUT2D eigenvalue weighted by Gasteiger charge is -2.30. The Morgan fingerprint density at radius 3 is 2.38 bits per heavy atom. The molecule has 3 aromatic rings. The molecule has 2 atom stereocenters. The highest BCUT2D eigenvalue weighted by molar-refractivity contribution is 5.92. The van der Waals surface area contributed by atoms with Gasteiger partial charge in [-0.25, -0.2) is 0 Å². The third-order valence-electron chi connectivity index (χ3n) is 5.97. The van der Waals surface area contributed by atoms with Gasteiger partial charge in [0.1, 0.15) is 12.3 Å². The zero-order chi connectivity index (χ0) is 26.5. The molecule has 0 aliphatic heterocycles. The number of rotatable bonds is 15. The van der Waals surface area contributed by atoms with Gasteiger partial charge in [0.15, 0.2) is 0 Å². The van der Waals surface area contributed by atoms with Crippen molar-refractivity contribution in [2.24, 2.45) is 5.41 Å². The molecule has 198 valence electrons. The SMILES string of the molecule is COCCOCCOC(=O)C(C)(CO)CC(Cc1ccc(-c2ccccc2)cc1)NC(=O)c1cnn[nH]1. The Kier molecular flexibility index (Phi) is 10.8. The zero-order valence-electron chi connectivity index (χ0n) is 21.2. The number of hydrogen-bond donors (Lipinski definition) is 3. The van der Waals surface area contributed by atoms with E-state index in [1.165, 1.54) is 6.20 Å². The Balaban J connectivity index is 1.69. The summed E-state index contributed by atoms with van der Waals surface area (Å²) >= 11 is 0. The number of amides is 1. The minimum atomic E-state index is -1.24. The van der Waals surface area contributed by atoms with Crippen LogP contribution in [0.2, 0.25) is 0 Å². The number of aliphatic hydroxyl groups excluding tert-OH is 1. The van der Waals surface area contributed by atoms with E-state index in [9.17, 15) is 14.7 Å². The van der Waals surface area contributed by atoms with Crippen LogP contribution in [0, 0.1) is 5.41 Å². The Labute approximate surface area is 216 Å². The molecule has 1 heterocycles. The van der Waals surface area contributed by atoms with Crippen LogP contribution in [0.15, 0.2) is 60.8 Å². The molecule has 0 aliphatic carbocycles. The Morgan fingerprint density at radius 2 is 1.73 bits per heavy atom. The summed E-state index contributed by atoms with van der Waals surface area (Å²) in [5, 5.41) is 22.9. The lowest BCUT2D eigenvalue weighted by molar-refractivity contribution is -0.160. The zero-order valence-corrected chi connectivity index (χ0v) is 21.2. The van der Waals surface area contributed by atoms with Gasteiger partial charge in [0, 0.05) is 13.2 Å².